The van der Waals surface area contributed by atoms with Crippen LogP contribution in [-0.2, 0) is 0 Å². The predicted molar refractivity (Wildman–Crippen MR) is 249 cm³/mol. The third kappa shape index (κ3) is 5.74. The van der Waals surface area contributed by atoms with Gasteiger partial charge in [0.05, 0.1) is 0 Å². The van der Waals surface area contributed by atoms with Crippen LogP contribution in [0.1, 0.15) is 27.8 Å². The third-order valence-electron chi connectivity index (χ3n) is 12.0. The lowest BCUT2D eigenvalue weighted by Crippen LogP contribution is -2.11. The normalized spacial score (nSPS) is 11.8. The molecule has 0 saturated heterocycles. The number of rotatable bonds is 6. The Balaban J connectivity index is 1.03. The molecule has 0 saturated carbocycles. The Kier molecular flexibility index (Phi) is 7.92. The third-order valence-corrected chi connectivity index (χ3v) is 12.0. The molecule has 284 valence electrons. The molecule has 2 heterocycles. The molecule has 0 aliphatic carbocycles. The highest BCUT2D eigenvalue weighted by Crippen LogP contribution is 2.44. The Morgan fingerprint density at radius 1 is 0.339 bits per heavy atom. The van der Waals surface area contributed by atoms with E-state index in [0.29, 0.717) is 0 Å². The Morgan fingerprint density at radius 3 is 1.20 bits per heavy atom. The van der Waals surface area contributed by atoms with E-state index in [1.165, 1.54) is 33.0 Å². The molecule has 4 nitrogen and oxygen atoms in total. The van der Waals surface area contributed by atoms with Crippen molar-refractivity contribution < 1.29 is 8.83 Å². The van der Waals surface area contributed by atoms with Gasteiger partial charge >= 0.3 is 0 Å². The summed E-state index contributed by atoms with van der Waals surface area (Å²) >= 11 is 0. The lowest BCUT2D eigenvalue weighted by Gasteiger charge is -2.27. The van der Waals surface area contributed by atoms with Crippen molar-refractivity contribution in [2.75, 3.05) is 9.80 Å². The monoisotopic (exact) mass is 762 g/mol. The molecule has 0 atom stereocenters. The van der Waals surface area contributed by atoms with Gasteiger partial charge < -0.3 is 18.6 Å². The summed E-state index contributed by atoms with van der Waals surface area (Å²) < 4.78 is 13.5. The number of hydrogen-bond acceptors (Lipinski definition) is 4. The van der Waals surface area contributed by atoms with Gasteiger partial charge in [-0.05, 0) is 158 Å². The first-order valence-corrected chi connectivity index (χ1v) is 20.3. The van der Waals surface area contributed by atoms with E-state index in [1.807, 2.05) is 0 Å². The molecule has 59 heavy (non-hydrogen) atoms. The van der Waals surface area contributed by atoms with Crippen molar-refractivity contribution >= 4 is 99.5 Å². The van der Waals surface area contributed by atoms with Crippen LogP contribution >= 0.6 is 0 Å². The van der Waals surface area contributed by atoms with Crippen molar-refractivity contribution in [3.05, 3.63) is 192 Å². The fourth-order valence-corrected chi connectivity index (χ4v) is 9.18. The van der Waals surface area contributed by atoms with Crippen molar-refractivity contribution in [3.63, 3.8) is 0 Å². The first-order valence-electron chi connectivity index (χ1n) is 20.3. The summed E-state index contributed by atoms with van der Waals surface area (Å²) in [6.07, 6.45) is 0. The van der Waals surface area contributed by atoms with Crippen LogP contribution in [0.3, 0.4) is 0 Å². The van der Waals surface area contributed by atoms with Crippen LogP contribution in [0.25, 0.3) is 65.4 Å². The number of benzene rings is 9. The molecule has 0 aliphatic heterocycles. The highest BCUT2D eigenvalue weighted by molar-refractivity contribution is 6.20. The zero-order valence-electron chi connectivity index (χ0n) is 33.8. The summed E-state index contributed by atoms with van der Waals surface area (Å²) in [6, 6.07) is 59.2. The van der Waals surface area contributed by atoms with Crippen LogP contribution in [0.15, 0.2) is 173 Å². The average molecular weight is 763 g/mol. The summed E-state index contributed by atoms with van der Waals surface area (Å²) in [6.45, 7) is 10.8. The zero-order valence-corrected chi connectivity index (χ0v) is 33.8. The molecule has 0 amide bonds. The standard InChI is InChI=1S/C55H42N2O2/c1-33-16-22-50(35(3)24-33)56(42-12-8-6-9-13-42)44-20-18-38-28-46-48-32-49-47-29-39-19-21-45(57(43-14-10-7-11-15-43)51-23-17-34(2)25-36(51)4)27-41(39)31-53(47)59-55(49)37(5)54(48)58-52(46)30-40(38)26-44/h6-32H,1-5H3. The molecule has 11 rings (SSSR count). The Bertz CT molecular complexity index is 3220. The van der Waals surface area contributed by atoms with E-state index in [0.717, 1.165) is 94.3 Å². The maximum Gasteiger partial charge on any atom is 0.142 e. The minimum atomic E-state index is 0.863. The van der Waals surface area contributed by atoms with Gasteiger partial charge in [-0.2, -0.15) is 0 Å². The molecule has 0 bridgehead atoms. The molecule has 2 aromatic heterocycles. The fourth-order valence-electron chi connectivity index (χ4n) is 9.18. The van der Waals surface area contributed by atoms with E-state index in [2.05, 4.69) is 208 Å². The maximum absolute atomic E-state index is 6.74. The van der Waals surface area contributed by atoms with Crippen LogP contribution in [0.2, 0.25) is 0 Å². The van der Waals surface area contributed by atoms with E-state index < -0.39 is 0 Å². The highest BCUT2D eigenvalue weighted by Gasteiger charge is 2.21. The predicted octanol–water partition coefficient (Wildman–Crippen LogP) is 16.3. The number of fused-ring (bicyclic) bond motifs is 8. The van der Waals surface area contributed by atoms with Gasteiger partial charge in [0.1, 0.15) is 22.3 Å². The van der Waals surface area contributed by atoms with Crippen molar-refractivity contribution in [1.29, 1.82) is 0 Å². The summed E-state index contributed by atoms with van der Waals surface area (Å²) in [7, 11) is 0. The van der Waals surface area contributed by atoms with Crippen LogP contribution < -0.4 is 9.80 Å². The summed E-state index contributed by atoms with van der Waals surface area (Å²) in [5, 5.41) is 8.99. The molecular formula is C55H42N2O2. The van der Waals surface area contributed by atoms with E-state index in [4.69, 9.17) is 8.83 Å². The Labute approximate surface area is 343 Å². The van der Waals surface area contributed by atoms with Crippen LogP contribution in [0.5, 0.6) is 0 Å². The molecule has 0 unspecified atom stereocenters. The number of anilines is 6. The van der Waals surface area contributed by atoms with Gasteiger partial charge in [0, 0.05) is 61.2 Å². The van der Waals surface area contributed by atoms with Gasteiger partial charge in [0.2, 0.25) is 0 Å². The minimum absolute atomic E-state index is 0.863. The molecule has 0 aliphatic rings. The first kappa shape index (κ1) is 34.9. The quantitative estimate of drug-likeness (QED) is 0.169. The molecule has 11 aromatic rings. The van der Waals surface area contributed by atoms with E-state index in [-0.39, 0.29) is 0 Å². The Hall–Kier alpha value is -7.30. The summed E-state index contributed by atoms with van der Waals surface area (Å²) in [4.78, 5) is 4.69. The number of para-hydroxylation sites is 2. The molecule has 9 aromatic carbocycles. The largest absolute Gasteiger partial charge is 0.456 e. The second-order valence-electron chi connectivity index (χ2n) is 16.1. The fraction of sp³-hybridized carbons (Fsp3) is 0.0909. The number of hydrogen-bond donors (Lipinski definition) is 0. The second kappa shape index (κ2) is 13.4. The molecule has 0 fully saturated rings. The van der Waals surface area contributed by atoms with Crippen molar-refractivity contribution in [2.45, 2.75) is 34.6 Å². The van der Waals surface area contributed by atoms with Crippen molar-refractivity contribution in [1.82, 2.24) is 0 Å². The number of nitrogens with zero attached hydrogens (tertiary/aromatic N) is 2. The number of furan rings is 2. The van der Waals surface area contributed by atoms with Gasteiger partial charge in [0.15, 0.2) is 0 Å². The maximum atomic E-state index is 6.74. The topological polar surface area (TPSA) is 32.8 Å². The molecule has 4 heteroatoms. The van der Waals surface area contributed by atoms with Gasteiger partial charge in [-0.3, -0.25) is 0 Å². The van der Waals surface area contributed by atoms with Gasteiger partial charge in [-0.15, -0.1) is 0 Å². The lowest BCUT2D eigenvalue weighted by molar-refractivity contribution is 0.651. The van der Waals surface area contributed by atoms with Crippen LogP contribution in [0.4, 0.5) is 34.1 Å². The van der Waals surface area contributed by atoms with Crippen LogP contribution in [0, 0.1) is 34.6 Å². The van der Waals surface area contributed by atoms with Gasteiger partial charge in [0.25, 0.3) is 0 Å². The van der Waals surface area contributed by atoms with Gasteiger partial charge in [-0.1, -0.05) is 83.9 Å². The minimum Gasteiger partial charge on any atom is -0.456 e. The summed E-state index contributed by atoms with van der Waals surface area (Å²) in [5.41, 5.74) is 16.2. The summed E-state index contributed by atoms with van der Waals surface area (Å²) in [5.74, 6) is 0. The van der Waals surface area contributed by atoms with Gasteiger partial charge in [-0.25, -0.2) is 0 Å². The van der Waals surface area contributed by atoms with Crippen LogP contribution in [-0.4, -0.2) is 0 Å². The Morgan fingerprint density at radius 2 is 0.780 bits per heavy atom. The van der Waals surface area contributed by atoms with Crippen molar-refractivity contribution in [2.24, 2.45) is 0 Å². The SMILES string of the molecule is Cc1ccc(N(c2ccccc2)c2ccc3cc4c(cc3c2)oc2c(C)c3oc5cc6cc(N(c7ccccc7)c7ccc(C)cc7C)ccc6cc5c3cc24)c(C)c1. The zero-order chi connectivity index (χ0) is 39.9. The van der Waals surface area contributed by atoms with Crippen molar-refractivity contribution in [3.8, 4) is 0 Å². The molecule has 0 N–H and O–H groups in total. The molecule has 0 radical (unpaired) electrons. The highest BCUT2D eigenvalue weighted by atomic mass is 16.3. The van der Waals surface area contributed by atoms with E-state index in [9.17, 15) is 0 Å². The molecular weight excluding hydrogens is 721 g/mol. The van der Waals surface area contributed by atoms with E-state index in [1.54, 1.807) is 0 Å². The second-order valence-corrected chi connectivity index (χ2v) is 16.1. The first-order chi connectivity index (χ1) is 28.8. The van der Waals surface area contributed by atoms with E-state index >= 15 is 0 Å². The smallest absolute Gasteiger partial charge is 0.142 e. The number of aryl methyl sites for hydroxylation is 5. The lowest BCUT2D eigenvalue weighted by atomic mass is 10.0. The average Bonchev–Trinajstić information content (AvgIpc) is 3.79. The molecule has 0 spiro atoms.